The first-order valence-electron chi connectivity index (χ1n) is 15.8. The zero-order valence-corrected chi connectivity index (χ0v) is 26.0. The van der Waals surface area contributed by atoms with Gasteiger partial charge in [-0.2, -0.15) is 0 Å². The highest BCUT2D eigenvalue weighted by atomic mass is 16.6. The molecule has 1 aliphatic heterocycles. The van der Waals surface area contributed by atoms with E-state index in [0.717, 1.165) is 83.9 Å². The molecule has 3 aliphatic rings. The first-order valence-corrected chi connectivity index (χ1v) is 15.8. The third-order valence-corrected chi connectivity index (χ3v) is 8.83. The molecule has 7 rings (SSSR count). The topological polar surface area (TPSA) is 86.9 Å². The molecule has 7 heteroatoms. The van der Waals surface area contributed by atoms with Gasteiger partial charge in [-0.25, -0.2) is 14.8 Å². The van der Waals surface area contributed by atoms with Gasteiger partial charge < -0.3 is 14.7 Å². The van der Waals surface area contributed by atoms with E-state index in [1.165, 1.54) is 16.7 Å². The van der Waals surface area contributed by atoms with Gasteiger partial charge in [-0.3, -0.25) is 4.90 Å². The molecular formula is C37H39N5O2. The first kappa shape index (κ1) is 28.2. The number of aryl methyl sites for hydroxylation is 2. The van der Waals surface area contributed by atoms with Crippen LogP contribution in [0.1, 0.15) is 99.4 Å². The third kappa shape index (κ3) is 5.69. The Morgan fingerprint density at radius 1 is 0.977 bits per heavy atom. The van der Waals surface area contributed by atoms with Crippen molar-refractivity contribution in [2.24, 2.45) is 0 Å². The van der Waals surface area contributed by atoms with Crippen LogP contribution in [-0.2, 0) is 17.6 Å². The number of carbonyl (C=O) groups is 1. The van der Waals surface area contributed by atoms with Crippen molar-refractivity contribution >= 4 is 6.09 Å². The molecule has 2 N–H and O–H groups in total. The number of nitrogens with one attached hydrogen (secondary N) is 2. The van der Waals surface area contributed by atoms with E-state index in [0.29, 0.717) is 12.5 Å². The number of fused-ring (bicyclic) bond motifs is 3. The maximum atomic E-state index is 12.9. The minimum atomic E-state index is -0.522. The fourth-order valence-electron chi connectivity index (χ4n) is 6.61. The maximum Gasteiger partial charge on any atom is 0.410 e. The monoisotopic (exact) mass is 585 g/mol. The highest BCUT2D eigenvalue weighted by molar-refractivity contribution is 5.71. The van der Waals surface area contributed by atoms with Gasteiger partial charge >= 0.3 is 6.09 Å². The normalized spacial score (nSPS) is 19.2. The average molecular weight is 586 g/mol. The maximum absolute atomic E-state index is 12.9. The van der Waals surface area contributed by atoms with E-state index < -0.39 is 5.60 Å². The second-order valence-electron chi connectivity index (χ2n) is 13.3. The Balaban J connectivity index is 1.05. The first-order chi connectivity index (χ1) is 21.2. The fraction of sp³-hybridized carbons (Fsp3) is 0.378. The predicted octanol–water partition coefficient (Wildman–Crippen LogP) is 7.86. The second-order valence-corrected chi connectivity index (χ2v) is 13.3. The number of nitrogens with zero attached hydrogens (tertiary/aromatic N) is 3. The summed E-state index contributed by atoms with van der Waals surface area (Å²) in [6.45, 7) is 8.59. The van der Waals surface area contributed by atoms with Gasteiger partial charge in [0.2, 0.25) is 0 Å². The van der Waals surface area contributed by atoms with Gasteiger partial charge in [0.25, 0.3) is 0 Å². The number of imidazole rings is 2. The van der Waals surface area contributed by atoms with E-state index in [1.807, 2.05) is 31.9 Å². The van der Waals surface area contributed by atoms with Crippen LogP contribution in [0.3, 0.4) is 0 Å². The Bertz CT molecular complexity index is 1810. The average Bonchev–Trinajstić information content (AvgIpc) is 3.81. The van der Waals surface area contributed by atoms with Crippen molar-refractivity contribution in [1.29, 1.82) is 0 Å². The molecule has 3 heterocycles. The van der Waals surface area contributed by atoms with Crippen molar-refractivity contribution in [3.05, 3.63) is 94.3 Å². The standard InChI is InChI=1S/C37H39N5O2/c1-23-7-13-28(20-23)34-38-22-31(40-34)26-14-10-24(11-15-26)8-9-25-12-17-29-27(21-25)16-18-30-33(29)41-35(39-30)32-6-5-19-42(32)36(43)44-37(2,3)4/h10-12,14-15,17,20-22,28,32H,5-7,13,16,18-19H2,1-4H3,(H,38,40)(H,39,41)/t28-,32?/m0/s1. The van der Waals surface area contributed by atoms with Crippen LogP contribution in [0.2, 0.25) is 0 Å². The summed E-state index contributed by atoms with van der Waals surface area (Å²) in [4.78, 5) is 31.4. The van der Waals surface area contributed by atoms with Crippen molar-refractivity contribution < 1.29 is 9.53 Å². The Morgan fingerprint density at radius 2 is 1.77 bits per heavy atom. The molecule has 0 bridgehead atoms. The van der Waals surface area contributed by atoms with E-state index in [9.17, 15) is 4.79 Å². The van der Waals surface area contributed by atoms with Crippen molar-refractivity contribution in [2.75, 3.05) is 6.54 Å². The highest BCUT2D eigenvalue weighted by Crippen LogP contribution is 2.38. The quantitative estimate of drug-likeness (QED) is 0.189. The Hall–Kier alpha value is -4.57. The summed E-state index contributed by atoms with van der Waals surface area (Å²) in [5.41, 5.74) is 9.64. The molecule has 1 fully saturated rings. The number of aromatic amines is 2. The van der Waals surface area contributed by atoms with Gasteiger partial charge in [-0.15, -0.1) is 0 Å². The van der Waals surface area contributed by atoms with Gasteiger partial charge in [0.1, 0.15) is 17.2 Å². The number of H-pyrrole nitrogens is 2. The lowest BCUT2D eigenvalue weighted by Crippen LogP contribution is -2.36. The number of carbonyl (C=O) groups excluding carboxylic acids is 1. The smallest absolute Gasteiger partial charge is 0.410 e. The van der Waals surface area contributed by atoms with E-state index in [4.69, 9.17) is 9.72 Å². The third-order valence-electron chi connectivity index (χ3n) is 8.83. The van der Waals surface area contributed by atoms with Crippen LogP contribution in [0, 0.1) is 11.8 Å². The summed E-state index contributed by atoms with van der Waals surface area (Å²) in [6.07, 6.45) is 9.88. The van der Waals surface area contributed by atoms with Crippen LogP contribution >= 0.6 is 0 Å². The Labute approximate surface area is 259 Å². The van der Waals surface area contributed by atoms with Gasteiger partial charge in [-0.05, 0) is 102 Å². The van der Waals surface area contributed by atoms with E-state index in [-0.39, 0.29) is 12.1 Å². The minimum absolute atomic E-state index is 0.0838. The summed E-state index contributed by atoms with van der Waals surface area (Å²) in [5.74, 6) is 9.01. The predicted molar refractivity (Wildman–Crippen MR) is 172 cm³/mol. The number of amides is 1. The lowest BCUT2D eigenvalue weighted by atomic mass is 9.91. The number of hydrogen-bond acceptors (Lipinski definition) is 4. The second kappa shape index (κ2) is 11.2. The molecule has 0 spiro atoms. The van der Waals surface area contributed by atoms with Gasteiger partial charge in [0.05, 0.1) is 29.3 Å². The zero-order valence-electron chi connectivity index (χ0n) is 26.0. The van der Waals surface area contributed by atoms with Crippen LogP contribution in [0.15, 0.2) is 60.3 Å². The van der Waals surface area contributed by atoms with Crippen molar-refractivity contribution in [2.45, 2.75) is 83.8 Å². The number of ether oxygens (including phenoxy) is 1. The van der Waals surface area contributed by atoms with Crippen LogP contribution in [0.25, 0.3) is 22.5 Å². The number of aromatic nitrogens is 4. The van der Waals surface area contributed by atoms with Gasteiger partial charge in [-0.1, -0.05) is 41.7 Å². The summed E-state index contributed by atoms with van der Waals surface area (Å²) in [7, 11) is 0. The summed E-state index contributed by atoms with van der Waals surface area (Å²) in [6, 6.07) is 14.7. The lowest BCUT2D eigenvalue weighted by molar-refractivity contribution is 0.0218. The highest BCUT2D eigenvalue weighted by Gasteiger charge is 2.36. The fourth-order valence-corrected chi connectivity index (χ4v) is 6.61. The number of likely N-dealkylation sites (tertiary alicyclic amines) is 1. The number of allylic oxidation sites excluding steroid dienone is 2. The van der Waals surface area contributed by atoms with Gasteiger partial charge in [0.15, 0.2) is 0 Å². The summed E-state index contributed by atoms with van der Waals surface area (Å²) < 4.78 is 5.67. The summed E-state index contributed by atoms with van der Waals surface area (Å²) >= 11 is 0. The molecule has 224 valence electrons. The van der Waals surface area contributed by atoms with E-state index in [2.05, 4.69) is 82.3 Å². The van der Waals surface area contributed by atoms with Crippen LogP contribution in [0.4, 0.5) is 4.79 Å². The largest absolute Gasteiger partial charge is 0.444 e. The van der Waals surface area contributed by atoms with Crippen molar-refractivity contribution in [3.8, 4) is 34.4 Å². The number of rotatable bonds is 3. The van der Waals surface area contributed by atoms with E-state index >= 15 is 0 Å². The molecule has 1 unspecified atom stereocenters. The lowest BCUT2D eigenvalue weighted by Gasteiger charge is -2.27. The molecule has 0 saturated carbocycles. The molecule has 0 radical (unpaired) electrons. The molecule has 44 heavy (non-hydrogen) atoms. The van der Waals surface area contributed by atoms with E-state index in [1.54, 1.807) is 0 Å². The molecule has 2 aliphatic carbocycles. The molecule has 1 amide bonds. The van der Waals surface area contributed by atoms with Crippen LogP contribution in [0.5, 0.6) is 0 Å². The molecule has 4 aromatic rings. The number of benzene rings is 2. The molecule has 1 saturated heterocycles. The Kier molecular flexibility index (Phi) is 7.16. The van der Waals surface area contributed by atoms with Gasteiger partial charge in [0, 0.05) is 29.2 Å². The number of hydrogen-bond donors (Lipinski definition) is 2. The Morgan fingerprint density at radius 3 is 2.55 bits per heavy atom. The molecule has 2 aromatic heterocycles. The SMILES string of the molecule is CC1=C[C@@H](c2ncc(-c3ccc(C#Cc4ccc5c(c4)CCc4nc(C6CCCN6C(=O)OC(C)(C)C)[nH]c4-5)cc3)[nH]2)CC1. The molecule has 2 aromatic carbocycles. The molecule has 7 nitrogen and oxygen atoms in total. The summed E-state index contributed by atoms with van der Waals surface area (Å²) in [5, 5.41) is 0. The molecule has 2 atom stereocenters. The van der Waals surface area contributed by atoms with Crippen molar-refractivity contribution in [1.82, 2.24) is 24.8 Å². The van der Waals surface area contributed by atoms with Crippen LogP contribution in [-0.4, -0.2) is 43.1 Å². The molecular weight excluding hydrogens is 546 g/mol. The van der Waals surface area contributed by atoms with Crippen LogP contribution < -0.4 is 0 Å². The minimum Gasteiger partial charge on any atom is -0.444 e. The van der Waals surface area contributed by atoms with Crippen molar-refractivity contribution in [3.63, 3.8) is 0 Å². The zero-order chi connectivity index (χ0) is 30.4.